The Hall–Kier alpha value is -3.52. The summed E-state index contributed by atoms with van der Waals surface area (Å²) < 4.78 is 11.6. The van der Waals surface area contributed by atoms with E-state index in [1.165, 1.54) is 11.1 Å². The Kier molecular flexibility index (Phi) is 6.51. The first-order valence-electron chi connectivity index (χ1n) is 12.6. The second-order valence-electron chi connectivity index (χ2n) is 9.39. The van der Waals surface area contributed by atoms with Gasteiger partial charge < -0.3 is 20.1 Å². The minimum Gasteiger partial charge on any atom is -0.487 e. The van der Waals surface area contributed by atoms with Gasteiger partial charge in [0.2, 0.25) is 0 Å². The average molecular weight is 483 g/mol. The standard InChI is InChI=1S/C29H30N4O3/c34-29-27(24-5-1-2-6-25(24)32-29)28-23-8-7-20(16-22(23)19-36-28)9-11-31-18-26(21-4-3-10-30-17-21)33-12-14-35-15-13-33/h1-8,10,16-17,26,31H,9,11-15,18-19H2,(H,32,34). The van der Waals surface area contributed by atoms with E-state index in [2.05, 4.69) is 44.8 Å². The first-order valence-corrected chi connectivity index (χ1v) is 12.6. The van der Waals surface area contributed by atoms with Gasteiger partial charge in [0, 0.05) is 60.4 Å². The number of aromatic nitrogens is 1. The van der Waals surface area contributed by atoms with E-state index in [9.17, 15) is 4.79 Å². The third-order valence-corrected chi connectivity index (χ3v) is 7.17. The van der Waals surface area contributed by atoms with Crippen molar-refractivity contribution >= 4 is 22.9 Å². The van der Waals surface area contributed by atoms with Gasteiger partial charge >= 0.3 is 0 Å². The molecule has 184 valence electrons. The summed E-state index contributed by atoms with van der Waals surface area (Å²) in [6, 6.07) is 18.7. The van der Waals surface area contributed by atoms with E-state index in [-0.39, 0.29) is 11.9 Å². The van der Waals surface area contributed by atoms with Gasteiger partial charge in [0.05, 0.1) is 18.8 Å². The molecule has 1 amide bonds. The summed E-state index contributed by atoms with van der Waals surface area (Å²) in [4.78, 5) is 19.5. The van der Waals surface area contributed by atoms with Crippen molar-refractivity contribution in [2.45, 2.75) is 19.1 Å². The van der Waals surface area contributed by atoms with Crippen LogP contribution in [0.2, 0.25) is 0 Å². The molecular formula is C29H30N4O3. The zero-order valence-corrected chi connectivity index (χ0v) is 20.2. The van der Waals surface area contributed by atoms with Crippen LogP contribution in [-0.2, 0) is 27.3 Å². The minimum absolute atomic E-state index is 0.101. The lowest BCUT2D eigenvalue weighted by Gasteiger charge is -2.34. The van der Waals surface area contributed by atoms with Crippen LogP contribution in [0.15, 0.2) is 67.0 Å². The van der Waals surface area contributed by atoms with E-state index < -0.39 is 0 Å². The van der Waals surface area contributed by atoms with Gasteiger partial charge in [-0.05, 0) is 36.2 Å². The lowest BCUT2D eigenvalue weighted by Crippen LogP contribution is -2.43. The fourth-order valence-corrected chi connectivity index (χ4v) is 5.31. The molecule has 3 aromatic rings. The quantitative estimate of drug-likeness (QED) is 0.396. The van der Waals surface area contributed by atoms with Gasteiger partial charge in [-0.1, -0.05) is 42.5 Å². The van der Waals surface area contributed by atoms with E-state index >= 15 is 0 Å². The molecule has 2 N–H and O–H groups in total. The summed E-state index contributed by atoms with van der Waals surface area (Å²) in [6.45, 7) is 5.66. The number of fused-ring (bicyclic) bond motifs is 2. The zero-order valence-electron chi connectivity index (χ0n) is 20.2. The molecule has 3 aliphatic rings. The Morgan fingerprint density at radius 3 is 2.81 bits per heavy atom. The molecule has 0 spiro atoms. The normalized spacial score (nSPS) is 19.9. The molecule has 1 unspecified atom stereocenters. The predicted molar refractivity (Wildman–Crippen MR) is 139 cm³/mol. The van der Waals surface area contributed by atoms with Gasteiger partial charge in [-0.25, -0.2) is 0 Å². The van der Waals surface area contributed by atoms with Crippen LogP contribution in [0.3, 0.4) is 0 Å². The smallest absolute Gasteiger partial charge is 0.260 e. The molecule has 3 aliphatic heterocycles. The van der Waals surface area contributed by atoms with Gasteiger partial charge in [0.15, 0.2) is 0 Å². The summed E-state index contributed by atoms with van der Waals surface area (Å²) in [5, 5.41) is 6.61. The number of nitrogens with zero attached hydrogens (tertiary/aromatic N) is 2. The number of para-hydroxylation sites is 1. The second-order valence-corrected chi connectivity index (χ2v) is 9.39. The monoisotopic (exact) mass is 482 g/mol. The first-order chi connectivity index (χ1) is 17.8. The fourth-order valence-electron chi connectivity index (χ4n) is 5.31. The highest BCUT2D eigenvalue weighted by Crippen LogP contribution is 2.41. The molecule has 2 aromatic carbocycles. The third kappa shape index (κ3) is 4.53. The molecule has 1 saturated heterocycles. The molecule has 0 aliphatic carbocycles. The molecule has 4 heterocycles. The largest absolute Gasteiger partial charge is 0.487 e. The molecule has 7 heteroatoms. The van der Waals surface area contributed by atoms with Crippen LogP contribution in [0.25, 0.3) is 11.3 Å². The number of carbonyl (C=O) groups excluding carboxylic acids is 1. The van der Waals surface area contributed by atoms with E-state index in [0.717, 1.165) is 68.2 Å². The van der Waals surface area contributed by atoms with Crippen LogP contribution >= 0.6 is 0 Å². The van der Waals surface area contributed by atoms with Crippen molar-refractivity contribution in [3.05, 3.63) is 94.8 Å². The highest BCUT2D eigenvalue weighted by Gasteiger charge is 2.32. The van der Waals surface area contributed by atoms with Gasteiger partial charge in [-0.2, -0.15) is 0 Å². The van der Waals surface area contributed by atoms with Crippen molar-refractivity contribution in [1.29, 1.82) is 0 Å². The van der Waals surface area contributed by atoms with E-state index in [1.54, 1.807) is 0 Å². The molecular weight excluding hydrogens is 452 g/mol. The molecule has 0 bridgehead atoms. The van der Waals surface area contributed by atoms with E-state index in [1.807, 2.05) is 42.7 Å². The average Bonchev–Trinajstić information content (AvgIpc) is 3.48. The molecule has 0 radical (unpaired) electrons. The molecule has 1 fully saturated rings. The number of ether oxygens (including phenoxy) is 2. The maximum atomic E-state index is 12.7. The van der Waals surface area contributed by atoms with Crippen molar-refractivity contribution in [1.82, 2.24) is 15.2 Å². The van der Waals surface area contributed by atoms with E-state index in [0.29, 0.717) is 17.9 Å². The summed E-state index contributed by atoms with van der Waals surface area (Å²) in [6.07, 6.45) is 4.72. The van der Waals surface area contributed by atoms with Crippen molar-refractivity contribution in [3.63, 3.8) is 0 Å². The highest BCUT2D eigenvalue weighted by atomic mass is 16.5. The fraction of sp³-hybridized carbons (Fsp3) is 0.310. The van der Waals surface area contributed by atoms with Gasteiger partial charge in [-0.15, -0.1) is 0 Å². The topological polar surface area (TPSA) is 75.7 Å². The zero-order chi connectivity index (χ0) is 24.3. The summed E-state index contributed by atoms with van der Waals surface area (Å²) >= 11 is 0. The maximum absolute atomic E-state index is 12.7. The Bertz CT molecular complexity index is 1280. The number of benzene rings is 2. The van der Waals surface area contributed by atoms with Crippen molar-refractivity contribution < 1.29 is 14.3 Å². The molecule has 7 nitrogen and oxygen atoms in total. The molecule has 36 heavy (non-hydrogen) atoms. The van der Waals surface area contributed by atoms with Crippen LogP contribution in [-0.4, -0.2) is 55.2 Å². The number of morpholine rings is 1. The number of hydrogen-bond donors (Lipinski definition) is 2. The van der Waals surface area contributed by atoms with Gasteiger partial charge in [-0.3, -0.25) is 14.7 Å². The molecule has 1 aromatic heterocycles. The van der Waals surface area contributed by atoms with Crippen LogP contribution in [0.4, 0.5) is 5.69 Å². The number of hydrogen-bond acceptors (Lipinski definition) is 6. The van der Waals surface area contributed by atoms with Gasteiger partial charge in [0.1, 0.15) is 12.4 Å². The highest BCUT2D eigenvalue weighted by molar-refractivity contribution is 6.36. The van der Waals surface area contributed by atoms with Crippen molar-refractivity contribution in [3.8, 4) is 0 Å². The number of rotatable bonds is 7. The Morgan fingerprint density at radius 2 is 1.94 bits per heavy atom. The SMILES string of the molecule is O=C1Nc2ccccc2C1=C1OCc2cc(CCNCC(c3cccnc3)N3CCOCC3)ccc21. The Morgan fingerprint density at radius 1 is 1.06 bits per heavy atom. The Labute approximate surface area is 211 Å². The van der Waals surface area contributed by atoms with Crippen molar-refractivity contribution in [2.75, 3.05) is 44.7 Å². The third-order valence-electron chi connectivity index (χ3n) is 7.17. The van der Waals surface area contributed by atoms with Gasteiger partial charge in [0.25, 0.3) is 5.91 Å². The lowest BCUT2D eigenvalue weighted by molar-refractivity contribution is -0.110. The molecule has 6 rings (SSSR count). The van der Waals surface area contributed by atoms with E-state index in [4.69, 9.17) is 9.47 Å². The number of amides is 1. The minimum atomic E-state index is -0.101. The lowest BCUT2D eigenvalue weighted by atomic mass is 9.98. The first kappa shape index (κ1) is 22.9. The number of carbonyl (C=O) groups is 1. The summed E-state index contributed by atoms with van der Waals surface area (Å²) in [5.41, 5.74) is 7.01. The molecule has 0 saturated carbocycles. The summed E-state index contributed by atoms with van der Waals surface area (Å²) in [5.74, 6) is 0.581. The second kappa shape index (κ2) is 10.2. The Balaban J connectivity index is 1.12. The van der Waals surface area contributed by atoms with Crippen LogP contribution < -0.4 is 10.6 Å². The number of anilines is 1. The van der Waals surface area contributed by atoms with Crippen LogP contribution in [0.1, 0.15) is 33.9 Å². The summed E-state index contributed by atoms with van der Waals surface area (Å²) in [7, 11) is 0. The van der Waals surface area contributed by atoms with Crippen LogP contribution in [0.5, 0.6) is 0 Å². The van der Waals surface area contributed by atoms with Crippen LogP contribution in [0, 0.1) is 0 Å². The number of nitrogens with one attached hydrogen (secondary N) is 2. The number of pyridine rings is 1. The predicted octanol–water partition coefficient (Wildman–Crippen LogP) is 3.64. The maximum Gasteiger partial charge on any atom is 0.260 e. The van der Waals surface area contributed by atoms with Crippen molar-refractivity contribution in [2.24, 2.45) is 0 Å². The molecule has 1 atom stereocenters.